The predicted molar refractivity (Wildman–Crippen MR) is 61.6 cm³/mol. The summed E-state index contributed by atoms with van der Waals surface area (Å²) in [6, 6.07) is 5.35. The van der Waals surface area contributed by atoms with Crippen molar-refractivity contribution in [1.29, 1.82) is 0 Å². The number of benzene rings is 1. The van der Waals surface area contributed by atoms with Gasteiger partial charge in [0, 0.05) is 4.47 Å². The third kappa shape index (κ3) is 3.50. The summed E-state index contributed by atoms with van der Waals surface area (Å²) in [5, 5.41) is 0. The van der Waals surface area contributed by atoms with Gasteiger partial charge < -0.3 is 4.74 Å². The molecule has 1 aromatic carbocycles. The summed E-state index contributed by atoms with van der Waals surface area (Å²) < 4.78 is 5.57. The lowest BCUT2D eigenvalue weighted by atomic mass is 10.1. The van der Waals surface area contributed by atoms with Gasteiger partial charge in [-0.1, -0.05) is 29.8 Å². The molecule has 1 aromatic rings. The zero-order chi connectivity index (χ0) is 11.1. The molecule has 3 heteroatoms. The van der Waals surface area contributed by atoms with Crippen molar-refractivity contribution in [1.82, 2.24) is 0 Å². The summed E-state index contributed by atoms with van der Waals surface area (Å²) in [7, 11) is 1.37. The smallest absolute Gasteiger partial charge is 0.337 e. The summed E-state index contributed by atoms with van der Waals surface area (Å²) >= 11 is 3.35. The number of aryl methyl sites for hydroxylation is 1. The minimum atomic E-state index is -0.300. The molecular weight excluding hydrogens is 244 g/mol. The van der Waals surface area contributed by atoms with E-state index in [4.69, 9.17) is 0 Å². The van der Waals surface area contributed by atoms with Crippen molar-refractivity contribution in [2.24, 2.45) is 0 Å². The second kappa shape index (κ2) is 6.60. The lowest BCUT2D eigenvalue weighted by Crippen LogP contribution is -2.00. The quantitative estimate of drug-likeness (QED) is 0.720. The average molecular weight is 259 g/mol. The van der Waals surface area contributed by atoms with Crippen molar-refractivity contribution in [3.05, 3.63) is 33.8 Å². The number of rotatable bonds is 1. The Balaban J connectivity index is 0.000000791. The third-order valence-corrected chi connectivity index (χ3v) is 2.47. The normalized spacial score (nSPS) is 8.64. The summed E-state index contributed by atoms with van der Waals surface area (Å²) in [6.45, 7) is 5.93. The van der Waals surface area contributed by atoms with Crippen LogP contribution in [0.1, 0.15) is 29.8 Å². The van der Waals surface area contributed by atoms with Crippen molar-refractivity contribution in [2.45, 2.75) is 20.8 Å². The molecule has 0 saturated carbocycles. The molecule has 14 heavy (non-hydrogen) atoms. The first kappa shape index (κ1) is 13.2. The highest BCUT2D eigenvalue weighted by Crippen LogP contribution is 2.17. The molecule has 0 unspecified atom stereocenters. The standard InChI is InChI=1S/C9H9BrO2.C2H6/c1-6-5-7(9(11)12-2)3-4-8(6)10;1-2/h3-5H,1-2H3;1-2H3. The molecule has 0 fully saturated rings. The van der Waals surface area contributed by atoms with Crippen molar-refractivity contribution in [3.8, 4) is 0 Å². The minimum absolute atomic E-state index is 0.300. The van der Waals surface area contributed by atoms with Crippen LogP contribution in [0.4, 0.5) is 0 Å². The van der Waals surface area contributed by atoms with Crippen LogP contribution in [-0.2, 0) is 4.74 Å². The highest BCUT2D eigenvalue weighted by atomic mass is 79.9. The predicted octanol–water partition coefficient (Wildman–Crippen LogP) is 3.57. The van der Waals surface area contributed by atoms with Gasteiger partial charge in [0.1, 0.15) is 0 Å². The van der Waals surface area contributed by atoms with Gasteiger partial charge in [0.15, 0.2) is 0 Å². The van der Waals surface area contributed by atoms with Crippen molar-refractivity contribution >= 4 is 21.9 Å². The zero-order valence-electron chi connectivity index (χ0n) is 8.93. The molecule has 0 aliphatic carbocycles. The second-order valence-corrected chi connectivity index (χ2v) is 3.31. The van der Waals surface area contributed by atoms with Gasteiger partial charge in [-0.05, 0) is 30.7 Å². The number of ether oxygens (including phenoxy) is 1. The van der Waals surface area contributed by atoms with Gasteiger partial charge in [-0.3, -0.25) is 0 Å². The van der Waals surface area contributed by atoms with E-state index in [0.717, 1.165) is 10.0 Å². The van der Waals surface area contributed by atoms with E-state index in [2.05, 4.69) is 20.7 Å². The highest BCUT2D eigenvalue weighted by Gasteiger charge is 2.05. The van der Waals surface area contributed by atoms with Crippen LogP contribution >= 0.6 is 15.9 Å². The van der Waals surface area contributed by atoms with Crippen molar-refractivity contribution in [2.75, 3.05) is 7.11 Å². The van der Waals surface area contributed by atoms with E-state index in [-0.39, 0.29) is 5.97 Å². The van der Waals surface area contributed by atoms with Crippen molar-refractivity contribution in [3.63, 3.8) is 0 Å². The fourth-order valence-electron chi connectivity index (χ4n) is 0.890. The maximum Gasteiger partial charge on any atom is 0.337 e. The fourth-order valence-corrected chi connectivity index (χ4v) is 1.14. The van der Waals surface area contributed by atoms with E-state index in [1.807, 2.05) is 26.8 Å². The maximum atomic E-state index is 11.0. The summed E-state index contributed by atoms with van der Waals surface area (Å²) in [5.41, 5.74) is 1.61. The molecule has 2 nitrogen and oxygen atoms in total. The Bertz CT molecular complexity index is 308. The molecule has 0 amide bonds. The molecule has 0 aromatic heterocycles. The Hall–Kier alpha value is -0.830. The molecule has 0 spiro atoms. The molecule has 0 radical (unpaired) electrons. The van der Waals surface area contributed by atoms with Crippen LogP contribution in [0.5, 0.6) is 0 Å². The van der Waals surface area contributed by atoms with E-state index in [9.17, 15) is 4.79 Å². The lowest BCUT2D eigenvalue weighted by Gasteiger charge is -2.01. The van der Waals surface area contributed by atoms with E-state index in [0.29, 0.717) is 5.56 Å². The second-order valence-electron chi connectivity index (χ2n) is 2.46. The molecule has 78 valence electrons. The van der Waals surface area contributed by atoms with E-state index >= 15 is 0 Å². The Morgan fingerprint density at radius 3 is 2.36 bits per heavy atom. The van der Waals surface area contributed by atoms with Gasteiger partial charge in [0.05, 0.1) is 12.7 Å². The first-order valence-electron chi connectivity index (χ1n) is 4.49. The highest BCUT2D eigenvalue weighted by molar-refractivity contribution is 9.10. The molecule has 0 heterocycles. The molecule has 1 rings (SSSR count). The van der Waals surface area contributed by atoms with Crippen LogP contribution in [0, 0.1) is 6.92 Å². The van der Waals surface area contributed by atoms with Gasteiger partial charge in [0.2, 0.25) is 0 Å². The van der Waals surface area contributed by atoms with Crippen molar-refractivity contribution < 1.29 is 9.53 Å². The molecule has 0 atom stereocenters. The monoisotopic (exact) mass is 258 g/mol. The SMILES string of the molecule is CC.COC(=O)c1ccc(Br)c(C)c1. The first-order chi connectivity index (χ1) is 6.65. The number of esters is 1. The van der Waals surface area contributed by atoms with Crippen LogP contribution in [0.15, 0.2) is 22.7 Å². The number of carbonyl (C=O) groups is 1. The van der Waals surface area contributed by atoms with Gasteiger partial charge in [-0.2, -0.15) is 0 Å². The summed E-state index contributed by atoms with van der Waals surface area (Å²) in [6.07, 6.45) is 0. The Labute approximate surface area is 93.4 Å². The first-order valence-corrected chi connectivity index (χ1v) is 5.29. The molecule has 0 N–H and O–H groups in total. The Kier molecular flexibility index (Phi) is 6.21. The van der Waals surface area contributed by atoms with Gasteiger partial charge in [-0.15, -0.1) is 0 Å². The third-order valence-electron chi connectivity index (χ3n) is 1.58. The van der Waals surface area contributed by atoms with Crippen LogP contribution in [-0.4, -0.2) is 13.1 Å². The minimum Gasteiger partial charge on any atom is -0.465 e. The van der Waals surface area contributed by atoms with Gasteiger partial charge in [-0.25, -0.2) is 4.79 Å². The van der Waals surface area contributed by atoms with Crippen LogP contribution < -0.4 is 0 Å². The molecule has 0 saturated heterocycles. The number of methoxy groups -OCH3 is 1. The Morgan fingerprint density at radius 2 is 1.93 bits per heavy atom. The van der Waals surface area contributed by atoms with E-state index in [1.165, 1.54) is 7.11 Å². The maximum absolute atomic E-state index is 11.0. The number of hydrogen-bond donors (Lipinski definition) is 0. The zero-order valence-corrected chi connectivity index (χ0v) is 10.5. The summed E-state index contributed by atoms with van der Waals surface area (Å²) in [4.78, 5) is 11.0. The van der Waals surface area contributed by atoms with Gasteiger partial charge >= 0.3 is 5.97 Å². The Morgan fingerprint density at radius 1 is 1.36 bits per heavy atom. The number of carbonyl (C=O) groups excluding carboxylic acids is 1. The average Bonchev–Trinajstić information content (AvgIpc) is 2.24. The lowest BCUT2D eigenvalue weighted by molar-refractivity contribution is 0.0600. The molecule has 0 bridgehead atoms. The van der Waals surface area contributed by atoms with Crippen LogP contribution in [0.3, 0.4) is 0 Å². The van der Waals surface area contributed by atoms with Crippen LogP contribution in [0.2, 0.25) is 0 Å². The molecule has 0 aliphatic heterocycles. The number of hydrogen-bond acceptors (Lipinski definition) is 2. The largest absolute Gasteiger partial charge is 0.465 e. The van der Waals surface area contributed by atoms with Crippen LogP contribution in [0.25, 0.3) is 0 Å². The van der Waals surface area contributed by atoms with Gasteiger partial charge in [0.25, 0.3) is 0 Å². The number of halogens is 1. The molecule has 0 aliphatic rings. The fraction of sp³-hybridized carbons (Fsp3) is 0.364. The topological polar surface area (TPSA) is 26.3 Å². The van der Waals surface area contributed by atoms with E-state index in [1.54, 1.807) is 12.1 Å². The summed E-state index contributed by atoms with van der Waals surface area (Å²) in [5.74, 6) is -0.300. The molecular formula is C11H15BrO2. The van der Waals surface area contributed by atoms with E-state index < -0.39 is 0 Å².